The minimum absolute atomic E-state index is 0.664. The average Bonchev–Trinajstić information content (AvgIpc) is 3.10. The van der Waals surface area contributed by atoms with Crippen molar-refractivity contribution in [1.82, 2.24) is 5.32 Å². The van der Waals surface area contributed by atoms with Gasteiger partial charge in [-0.1, -0.05) is 36.6 Å². The van der Waals surface area contributed by atoms with Gasteiger partial charge in [-0.3, -0.25) is 0 Å². The molecule has 0 bridgehead atoms. The molecular weight excluding hydrogens is 270 g/mol. The molecule has 1 aliphatic rings. The first-order valence-corrected chi connectivity index (χ1v) is 7.69. The van der Waals surface area contributed by atoms with Crippen molar-refractivity contribution in [2.75, 3.05) is 0 Å². The van der Waals surface area contributed by atoms with Crippen LogP contribution in [-0.2, 0) is 6.54 Å². The van der Waals surface area contributed by atoms with Gasteiger partial charge in [0, 0.05) is 16.6 Å². The lowest BCUT2D eigenvalue weighted by Crippen LogP contribution is -2.24. The maximum Gasteiger partial charge on any atom is 0.134 e. The topological polar surface area (TPSA) is 25.2 Å². The van der Waals surface area contributed by atoms with Crippen LogP contribution in [0.5, 0.6) is 0 Å². The molecule has 1 heterocycles. The highest BCUT2D eigenvalue weighted by atomic mass is 35.5. The maximum atomic E-state index is 6.16. The Labute approximate surface area is 125 Å². The van der Waals surface area contributed by atoms with Crippen molar-refractivity contribution in [3.63, 3.8) is 0 Å². The summed E-state index contributed by atoms with van der Waals surface area (Å²) < 4.78 is 5.90. The molecule has 2 nitrogen and oxygen atoms in total. The number of halogens is 1. The van der Waals surface area contributed by atoms with E-state index in [4.69, 9.17) is 16.0 Å². The molecule has 20 heavy (non-hydrogen) atoms. The molecule has 0 saturated heterocycles. The zero-order valence-corrected chi connectivity index (χ0v) is 12.5. The molecule has 1 aromatic heterocycles. The summed E-state index contributed by atoms with van der Waals surface area (Å²) in [6.07, 6.45) is 5.29. The van der Waals surface area contributed by atoms with Gasteiger partial charge in [0.25, 0.3) is 0 Å². The van der Waals surface area contributed by atoms with E-state index < -0.39 is 0 Å². The predicted octanol–water partition coefficient (Wildman–Crippen LogP) is 4.94. The van der Waals surface area contributed by atoms with Gasteiger partial charge in [-0.25, -0.2) is 0 Å². The molecule has 0 unspecified atom stereocenters. The smallest absolute Gasteiger partial charge is 0.134 e. The third-order valence-corrected chi connectivity index (χ3v) is 4.45. The molecule has 0 aliphatic heterocycles. The second kappa shape index (κ2) is 6.02. The van der Waals surface area contributed by atoms with Crippen LogP contribution in [0.4, 0.5) is 0 Å². The van der Waals surface area contributed by atoms with Gasteiger partial charge < -0.3 is 9.73 Å². The largest absolute Gasteiger partial charge is 0.460 e. The molecule has 3 rings (SSSR count). The summed E-state index contributed by atoms with van der Waals surface area (Å²) in [5, 5.41) is 4.35. The molecule has 0 atom stereocenters. The Morgan fingerprint density at radius 2 is 2.00 bits per heavy atom. The number of hydrogen-bond donors (Lipinski definition) is 1. The first-order valence-electron chi connectivity index (χ1n) is 7.31. The lowest BCUT2D eigenvalue weighted by molar-refractivity contribution is 0.452. The van der Waals surface area contributed by atoms with Gasteiger partial charge >= 0.3 is 0 Å². The summed E-state index contributed by atoms with van der Waals surface area (Å²) >= 11 is 6.16. The molecular formula is C17H20ClNO. The van der Waals surface area contributed by atoms with E-state index in [0.29, 0.717) is 6.04 Å². The highest BCUT2D eigenvalue weighted by molar-refractivity contribution is 6.31. The molecule has 3 heteroatoms. The summed E-state index contributed by atoms with van der Waals surface area (Å²) in [7, 11) is 0. The fourth-order valence-electron chi connectivity index (χ4n) is 2.75. The molecule has 1 aromatic carbocycles. The van der Waals surface area contributed by atoms with Crippen LogP contribution in [0.2, 0.25) is 5.02 Å². The van der Waals surface area contributed by atoms with Crippen LogP contribution in [0.1, 0.15) is 37.0 Å². The van der Waals surface area contributed by atoms with E-state index in [2.05, 4.69) is 5.32 Å². The van der Waals surface area contributed by atoms with Crippen molar-refractivity contribution in [3.05, 3.63) is 46.7 Å². The monoisotopic (exact) mass is 289 g/mol. The van der Waals surface area contributed by atoms with Crippen molar-refractivity contribution in [2.24, 2.45) is 0 Å². The van der Waals surface area contributed by atoms with Gasteiger partial charge in [0.05, 0.1) is 6.54 Å². The Bertz CT molecular complexity index is 584. The molecule has 2 aromatic rings. The molecule has 1 aliphatic carbocycles. The van der Waals surface area contributed by atoms with Gasteiger partial charge in [0.15, 0.2) is 0 Å². The summed E-state index contributed by atoms with van der Waals surface area (Å²) in [4.78, 5) is 0. The van der Waals surface area contributed by atoms with E-state index in [9.17, 15) is 0 Å². The lowest BCUT2D eigenvalue weighted by Gasteiger charge is -2.09. The predicted molar refractivity (Wildman–Crippen MR) is 83.0 cm³/mol. The second-order valence-corrected chi connectivity index (χ2v) is 6.00. The Balaban J connectivity index is 1.67. The van der Waals surface area contributed by atoms with Crippen molar-refractivity contribution < 1.29 is 4.42 Å². The van der Waals surface area contributed by atoms with Gasteiger partial charge in [-0.15, -0.1) is 0 Å². The Kier molecular flexibility index (Phi) is 4.13. The molecule has 1 saturated carbocycles. The van der Waals surface area contributed by atoms with Crippen LogP contribution in [0.25, 0.3) is 11.3 Å². The normalized spacial score (nSPS) is 15.9. The van der Waals surface area contributed by atoms with Crippen molar-refractivity contribution in [3.8, 4) is 11.3 Å². The van der Waals surface area contributed by atoms with Crippen molar-refractivity contribution in [1.29, 1.82) is 0 Å². The van der Waals surface area contributed by atoms with Gasteiger partial charge in [-0.05, 0) is 43.5 Å². The maximum absolute atomic E-state index is 6.16. The van der Waals surface area contributed by atoms with Crippen LogP contribution in [0.3, 0.4) is 0 Å². The van der Waals surface area contributed by atoms with E-state index in [1.54, 1.807) is 0 Å². The average molecular weight is 290 g/mol. The van der Waals surface area contributed by atoms with E-state index in [0.717, 1.165) is 34.2 Å². The zero-order chi connectivity index (χ0) is 13.9. The number of furan rings is 1. The second-order valence-electron chi connectivity index (χ2n) is 5.59. The number of hydrogen-bond acceptors (Lipinski definition) is 2. The molecule has 106 valence electrons. The Hall–Kier alpha value is -1.25. The van der Waals surface area contributed by atoms with Crippen LogP contribution in [0, 0.1) is 6.92 Å². The Morgan fingerprint density at radius 3 is 2.75 bits per heavy atom. The third kappa shape index (κ3) is 3.08. The Morgan fingerprint density at radius 1 is 1.20 bits per heavy atom. The third-order valence-electron chi connectivity index (χ3n) is 4.04. The van der Waals surface area contributed by atoms with Gasteiger partial charge in [-0.2, -0.15) is 0 Å². The van der Waals surface area contributed by atoms with E-state index in [1.807, 2.05) is 37.3 Å². The standard InChI is InChI=1S/C17H20ClNO/c1-12-6-7-13(10-16(12)18)17-9-8-15(20-17)11-19-14-4-2-3-5-14/h6-10,14,19H,2-5,11H2,1H3. The highest BCUT2D eigenvalue weighted by Crippen LogP contribution is 2.27. The summed E-state index contributed by atoms with van der Waals surface area (Å²) in [6.45, 7) is 2.81. The number of benzene rings is 1. The van der Waals surface area contributed by atoms with E-state index in [1.165, 1.54) is 25.7 Å². The first kappa shape index (κ1) is 13.7. The highest BCUT2D eigenvalue weighted by Gasteiger charge is 2.14. The summed E-state index contributed by atoms with van der Waals surface area (Å²) in [5.41, 5.74) is 2.12. The van der Waals surface area contributed by atoms with Crippen molar-refractivity contribution >= 4 is 11.6 Å². The zero-order valence-electron chi connectivity index (χ0n) is 11.8. The summed E-state index contributed by atoms with van der Waals surface area (Å²) in [5.74, 6) is 1.87. The fourth-order valence-corrected chi connectivity index (χ4v) is 2.93. The molecule has 1 fully saturated rings. The van der Waals surface area contributed by atoms with E-state index >= 15 is 0 Å². The minimum Gasteiger partial charge on any atom is -0.460 e. The first-order chi connectivity index (χ1) is 9.72. The minimum atomic E-state index is 0.664. The van der Waals surface area contributed by atoms with Gasteiger partial charge in [0.2, 0.25) is 0 Å². The van der Waals surface area contributed by atoms with Crippen LogP contribution in [0.15, 0.2) is 34.7 Å². The van der Waals surface area contributed by atoms with E-state index in [-0.39, 0.29) is 0 Å². The SMILES string of the molecule is Cc1ccc(-c2ccc(CNC3CCCC3)o2)cc1Cl. The molecule has 0 amide bonds. The quantitative estimate of drug-likeness (QED) is 0.862. The fraction of sp³-hybridized carbons (Fsp3) is 0.412. The number of aryl methyl sites for hydroxylation is 1. The van der Waals surface area contributed by atoms with Crippen LogP contribution >= 0.6 is 11.6 Å². The summed E-state index contributed by atoms with van der Waals surface area (Å²) in [6, 6.07) is 10.8. The molecule has 1 N–H and O–H groups in total. The van der Waals surface area contributed by atoms with Crippen LogP contribution in [-0.4, -0.2) is 6.04 Å². The lowest BCUT2D eigenvalue weighted by atomic mass is 10.1. The van der Waals surface area contributed by atoms with Crippen molar-refractivity contribution in [2.45, 2.75) is 45.2 Å². The number of rotatable bonds is 4. The van der Waals surface area contributed by atoms with Gasteiger partial charge in [0.1, 0.15) is 11.5 Å². The number of nitrogens with one attached hydrogen (secondary N) is 1. The van der Waals surface area contributed by atoms with Crippen LogP contribution < -0.4 is 5.32 Å². The molecule has 0 radical (unpaired) electrons. The molecule has 0 spiro atoms.